The van der Waals surface area contributed by atoms with Crippen LogP contribution in [-0.4, -0.2) is 14.9 Å². The van der Waals surface area contributed by atoms with Crippen LogP contribution in [0.2, 0.25) is 18.6 Å². The van der Waals surface area contributed by atoms with Crippen LogP contribution in [-0.2, 0) is 4.43 Å². The number of hydrogen-bond acceptors (Lipinski definition) is 1. The first-order chi connectivity index (χ1) is 9.77. The molecule has 1 fully saturated rings. The molecule has 1 heterocycles. The Hall–Kier alpha value is 0.177. The molecule has 0 aliphatic carbocycles. The fourth-order valence-electron chi connectivity index (χ4n) is 3.35. The zero-order valence-electron chi connectivity index (χ0n) is 14.2. The second kappa shape index (κ2) is 11.8. The molecule has 1 aliphatic rings. The molecule has 2 heteroatoms. The molecule has 0 N–H and O–H groups in total. The van der Waals surface area contributed by atoms with Crippen molar-refractivity contribution in [1.29, 1.82) is 0 Å². The molecular formula is C18H38OSi. The average Bonchev–Trinajstić information content (AvgIpc) is 2.45. The molecule has 0 aromatic heterocycles. The van der Waals surface area contributed by atoms with E-state index < -0.39 is 8.32 Å². The topological polar surface area (TPSA) is 9.23 Å². The van der Waals surface area contributed by atoms with Crippen molar-refractivity contribution in [2.75, 3.05) is 6.61 Å². The Bertz CT molecular complexity index is 211. The number of rotatable bonds is 12. The highest BCUT2D eigenvalue weighted by molar-refractivity contribution is 6.72. The van der Waals surface area contributed by atoms with Crippen molar-refractivity contribution in [2.24, 2.45) is 0 Å². The zero-order chi connectivity index (χ0) is 14.5. The van der Waals surface area contributed by atoms with E-state index in [9.17, 15) is 0 Å². The average molecular weight is 299 g/mol. The van der Waals surface area contributed by atoms with Crippen molar-refractivity contribution in [3.63, 3.8) is 0 Å². The summed E-state index contributed by atoms with van der Waals surface area (Å²) >= 11 is 0. The Kier molecular flexibility index (Phi) is 10.7. The van der Waals surface area contributed by atoms with Crippen molar-refractivity contribution in [3.05, 3.63) is 0 Å². The maximum atomic E-state index is 6.10. The van der Waals surface area contributed by atoms with Gasteiger partial charge in [-0.15, -0.1) is 0 Å². The van der Waals surface area contributed by atoms with Crippen LogP contribution in [0, 0.1) is 0 Å². The minimum atomic E-state index is -1.23. The van der Waals surface area contributed by atoms with Crippen molar-refractivity contribution < 1.29 is 4.43 Å². The summed E-state index contributed by atoms with van der Waals surface area (Å²) in [6.45, 7) is 5.81. The van der Waals surface area contributed by atoms with Crippen molar-refractivity contribution >= 4 is 8.32 Å². The third-order valence-electron chi connectivity index (χ3n) is 4.86. The van der Waals surface area contributed by atoms with Crippen molar-refractivity contribution in [3.8, 4) is 0 Å². The highest BCUT2D eigenvalue weighted by atomic mass is 28.4. The van der Waals surface area contributed by atoms with Gasteiger partial charge in [0.15, 0.2) is 8.32 Å². The van der Waals surface area contributed by atoms with Crippen LogP contribution in [0.25, 0.3) is 0 Å². The van der Waals surface area contributed by atoms with Gasteiger partial charge in [0.1, 0.15) is 0 Å². The van der Waals surface area contributed by atoms with E-state index in [2.05, 4.69) is 13.5 Å². The summed E-state index contributed by atoms with van der Waals surface area (Å²) < 4.78 is 6.10. The summed E-state index contributed by atoms with van der Waals surface area (Å²) in [5, 5.41) is 0. The minimum Gasteiger partial charge on any atom is -0.417 e. The van der Waals surface area contributed by atoms with Crippen LogP contribution in [0.4, 0.5) is 0 Å². The van der Waals surface area contributed by atoms with Gasteiger partial charge in [0.05, 0.1) is 0 Å². The van der Waals surface area contributed by atoms with E-state index in [4.69, 9.17) is 4.43 Å². The lowest BCUT2D eigenvalue weighted by molar-refractivity contribution is 0.269. The first-order valence-electron chi connectivity index (χ1n) is 9.41. The van der Waals surface area contributed by atoms with Gasteiger partial charge in [0.2, 0.25) is 0 Å². The maximum Gasteiger partial charge on any atom is 0.189 e. The van der Waals surface area contributed by atoms with Crippen LogP contribution < -0.4 is 0 Å². The Balaban J connectivity index is 1.80. The van der Waals surface area contributed by atoms with E-state index in [1.807, 2.05) is 0 Å². The highest BCUT2D eigenvalue weighted by Crippen LogP contribution is 2.27. The van der Waals surface area contributed by atoms with Gasteiger partial charge in [-0.25, -0.2) is 0 Å². The second-order valence-corrected chi connectivity index (χ2v) is 11.2. The van der Waals surface area contributed by atoms with Crippen LogP contribution in [0.15, 0.2) is 0 Å². The van der Waals surface area contributed by atoms with Crippen LogP contribution in [0.3, 0.4) is 0 Å². The second-order valence-electron chi connectivity index (χ2n) is 7.04. The lowest BCUT2D eigenvalue weighted by atomic mass is 10.1. The number of unbranched alkanes of at least 4 members (excludes halogenated alkanes) is 10. The molecule has 0 aromatic carbocycles. The number of hydrogen-bond donors (Lipinski definition) is 0. The van der Waals surface area contributed by atoms with Gasteiger partial charge in [0.25, 0.3) is 0 Å². The minimum absolute atomic E-state index is 1.06. The van der Waals surface area contributed by atoms with Crippen molar-refractivity contribution in [2.45, 2.75) is 109 Å². The highest BCUT2D eigenvalue weighted by Gasteiger charge is 2.30. The summed E-state index contributed by atoms with van der Waals surface area (Å²) in [5.74, 6) is 0. The van der Waals surface area contributed by atoms with Gasteiger partial charge in [-0.05, 0) is 25.1 Å². The third-order valence-corrected chi connectivity index (χ3v) is 8.58. The van der Waals surface area contributed by atoms with E-state index in [0.29, 0.717) is 0 Å². The van der Waals surface area contributed by atoms with E-state index in [-0.39, 0.29) is 0 Å². The van der Waals surface area contributed by atoms with Gasteiger partial charge >= 0.3 is 0 Å². The van der Waals surface area contributed by atoms with E-state index in [1.54, 1.807) is 0 Å². The van der Waals surface area contributed by atoms with Gasteiger partial charge in [-0.2, -0.15) is 0 Å². The molecule has 0 amide bonds. The molecule has 1 unspecified atom stereocenters. The first-order valence-corrected chi connectivity index (χ1v) is 12.2. The smallest absolute Gasteiger partial charge is 0.189 e. The van der Waals surface area contributed by atoms with Gasteiger partial charge in [0, 0.05) is 6.61 Å². The van der Waals surface area contributed by atoms with Crippen molar-refractivity contribution in [1.82, 2.24) is 0 Å². The molecule has 1 aliphatic heterocycles. The lowest BCUT2D eigenvalue weighted by Crippen LogP contribution is -2.37. The van der Waals surface area contributed by atoms with Gasteiger partial charge in [-0.1, -0.05) is 84.0 Å². The molecule has 120 valence electrons. The van der Waals surface area contributed by atoms with Crippen LogP contribution >= 0.6 is 0 Å². The molecule has 0 saturated carbocycles. The van der Waals surface area contributed by atoms with Gasteiger partial charge < -0.3 is 4.43 Å². The molecule has 1 nitrogen and oxygen atoms in total. The zero-order valence-corrected chi connectivity index (χ0v) is 15.2. The predicted molar refractivity (Wildman–Crippen MR) is 92.9 cm³/mol. The lowest BCUT2D eigenvalue weighted by Gasteiger charge is -2.31. The van der Waals surface area contributed by atoms with E-state index in [0.717, 1.165) is 6.61 Å². The monoisotopic (exact) mass is 298 g/mol. The molecule has 0 spiro atoms. The standard InChI is InChI=1S/C18H38OSi/c1-3-4-5-6-7-8-9-10-11-12-14-17-20(2)18-15-13-16-19-20/h3-18H2,1-2H3. The Morgan fingerprint density at radius 2 is 1.30 bits per heavy atom. The fourth-order valence-corrected chi connectivity index (χ4v) is 6.52. The summed E-state index contributed by atoms with van der Waals surface area (Å²) in [7, 11) is -1.23. The summed E-state index contributed by atoms with van der Waals surface area (Å²) in [6, 6.07) is 2.84. The molecule has 20 heavy (non-hydrogen) atoms. The van der Waals surface area contributed by atoms with E-state index in [1.165, 1.54) is 95.6 Å². The van der Waals surface area contributed by atoms with Crippen LogP contribution in [0.1, 0.15) is 90.4 Å². The molecule has 0 bridgehead atoms. The molecule has 1 rings (SSSR count). The molecular weight excluding hydrogens is 260 g/mol. The molecule has 1 atom stereocenters. The summed E-state index contributed by atoms with van der Waals surface area (Å²) in [6.07, 6.45) is 18.7. The van der Waals surface area contributed by atoms with Crippen LogP contribution in [0.5, 0.6) is 0 Å². The third kappa shape index (κ3) is 9.18. The first kappa shape index (κ1) is 18.2. The normalized spacial score (nSPS) is 23.1. The molecule has 0 aromatic rings. The quantitative estimate of drug-likeness (QED) is 0.288. The Morgan fingerprint density at radius 3 is 1.80 bits per heavy atom. The predicted octanol–water partition coefficient (Wildman–Crippen LogP) is 6.68. The van der Waals surface area contributed by atoms with E-state index >= 15 is 0 Å². The SMILES string of the molecule is CCCCCCCCCCCCC[Si]1(C)CCCCO1. The Morgan fingerprint density at radius 1 is 0.750 bits per heavy atom. The fraction of sp³-hybridized carbons (Fsp3) is 1.00. The Labute approximate surface area is 129 Å². The molecule has 1 saturated heterocycles. The molecule has 0 radical (unpaired) electrons. The largest absolute Gasteiger partial charge is 0.417 e. The summed E-state index contributed by atoms with van der Waals surface area (Å²) in [4.78, 5) is 0. The summed E-state index contributed by atoms with van der Waals surface area (Å²) in [5.41, 5.74) is 0. The van der Waals surface area contributed by atoms with Gasteiger partial charge in [-0.3, -0.25) is 0 Å². The maximum absolute atomic E-state index is 6.10.